The van der Waals surface area contributed by atoms with Gasteiger partial charge < -0.3 is 20.3 Å². The van der Waals surface area contributed by atoms with Crippen LogP contribution in [0, 0.1) is 6.92 Å². The summed E-state index contributed by atoms with van der Waals surface area (Å²) in [5.74, 6) is 0.464. The van der Waals surface area contributed by atoms with Crippen LogP contribution in [0.25, 0.3) is 10.2 Å². The first-order chi connectivity index (χ1) is 19.4. The average molecular weight is 556 g/mol. The number of aryl methyl sites for hydroxylation is 1. The number of nitrogens with one attached hydrogen (secondary N) is 2. The van der Waals surface area contributed by atoms with Crippen molar-refractivity contribution in [3.63, 3.8) is 0 Å². The van der Waals surface area contributed by atoms with Gasteiger partial charge in [-0.1, -0.05) is 6.58 Å². The van der Waals surface area contributed by atoms with Gasteiger partial charge in [-0.05, 0) is 61.7 Å². The quantitative estimate of drug-likeness (QED) is 0.328. The van der Waals surface area contributed by atoms with Crippen molar-refractivity contribution in [2.24, 2.45) is 0 Å². The summed E-state index contributed by atoms with van der Waals surface area (Å²) in [6.07, 6.45) is 6.02. The number of nitrogens with zero attached hydrogens (tertiary/aromatic N) is 5. The van der Waals surface area contributed by atoms with Crippen LogP contribution < -0.4 is 20.3 Å². The van der Waals surface area contributed by atoms with E-state index in [0.717, 1.165) is 18.4 Å². The van der Waals surface area contributed by atoms with Crippen molar-refractivity contribution in [2.75, 3.05) is 23.3 Å². The second kappa shape index (κ2) is 10.4. The van der Waals surface area contributed by atoms with Gasteiger partial charge in [0, 0.05) is 37.6 Å². The minimum Gasteiger partial charge on any atom is -0.438 e. The van der Waals surface area contributed by atoms with Gasteiger partial charge in [-0.3, -0.25) is 14.5 Å². The number of hydrogen-bond acceptors (Lipinski definition) is 8. The van der Waals surface area contributed by atoms with Crippen LogP contribution in [0.15, 0.2) is 61.4 Å². The third-order valence-corrected chi connectivity index (χ3v) is 7.97. The van der Waals surface area contributed by atoms with Crippen LogP contribution in [0.1, 0.15) is 28.1 Å². The van der Waals surface area contributed by atoms with Crippen molar-refractivity contribution >= 4 is 56.5 Å². The molecule has 4 amide bonds. The number of benzene rings is 1. The molecule has 0 bridgehead atoms. The maximum Gasteiger partial charge on any atom is 0.331 e. The number of amides is 4. The Hall–Kier alpha value is -4.84. The van der Waals surface area contributed by atoms with E-state index >= 15 is 0 Å². The van der Waals surface area contributed by atoms with Gasteiger partial charge >= 0.3 is 6.03 Å². The van der Waals surface area contributed by atoms with E-state index in [1.165, 1.54) is 17.4 Å². The highest BCUT2D eigenvalue weighted by Gasteiger charge is 2.34. The predicted octanol–water partition coefficient (Wildman–Crippen LogP) is 4.78. The van der Waals surface area contributed by atoms with Crippen molar-refractivity contribution < 1.29 is 19.1 Å². The minimum atomic E-state index is -0.390. The second-order valence-corrected chi connectivity index (χ2v) is 10.5. The molecule has 202 valence electrons. The summed E-state index contributed by atoms with van der Waals surface area (Å²) in [5.41, 5.74) is 2.53. The predicted molar refractivity (Wildman–Crippen MR) is 151 cm³/mol. The van der Waals surface area contributed by atoms with Crippen molar-refractivity contribution in [3.05, 3.63) is 71.9 Å². The van der Waals surface area contributed by atoms with Crippen LogP contribution in [0.5, 0.6) is 11.6 Å². The number of carbonyl (C=O) groups is 3. The van der Waals surface area contributed by atoms with E-state index in [4.69, 9.17) is 4.74 Å². The molecule has 12 heteroatoms. The Balaban J connectivity index is 1.29. The van der Waals surface area contributed by atoms with Crippen LogP contribution in [0.3, 0.4) is 0 Å². The van der Waals surface area contributed by atoms with Gasteiger partial charge in [0.05, 0.1) is 22.4 Å². The zero-order chi connectivity index (χ0) is 27.8. The molecule has 2 aliphatic rings. The molecule has 11 nitrogen and oxygen atoms in total. The number of aromatic nitrogens is 3. The summed E-state index contributed by atoms with van der Waals surface area (Å²) in [6, 6.07) is 10.0. The standard InChI is InChI=1S/C28H25N7O4S/c1-3-22(36)34-13-5-6-17(15-34)31-26(37)25-24-23-20(10-12-29-27(23)40-25)35(28(38)32-24)19-9-8-18(14-16(19)2)39-21-7-4-11-30-33-21/h3-4,7-12,14,17H,1,5-6,13,15H2,2H3,(H,31,37)(H,32,38). The number of rotatable bonds is 6. The number of hydrogen-bond donors (Lipinski definition) is 2. The SMILES string of the molecule is C=CC(=O)N1CCCC(NC(=O)c2sc3nccc4c3c2NC(=O)N4c2ccc(Oc3cccnn3)cc2C)C1. The van der Waals surface area contributed by atoms with Gasteiger partial charge in [-0.25, -0.2) is 9.78 Å². The van der Waals surface area contributed by atoms with Crippen molar-refractivity contribution in [1.82, 2.24) is 25.4 Å². The molecule has 1 atom stereocenters. The topological polar surface area (TPSA) is 130 Å². The Morgan fingerprint density at radius 2 is 2.10 bits per heavy atom. The van der Waals surface area contributed by atoms with E-state index in [2.05, 4.69) is 32.4 Å². The molecule has 4 aromatic rings. The smallest absolute Gasteiger partial charge is 0.331 e. The lowest BCUT2D eigenvalue weighted by Crippen LogP contribution is -2.49. The lowest BCUT2D eigenvalue weighted by molar-refractivity contribution is -0.127. The van der Waals surface area contributed by atoms with E-state index in [0.29, 0.717) is 56.9 Å². The Morgan fingerprint density at radius 1 is 1.23 bits per heavy atom. The van der Waals surface area contributed by atoms with Gasteiger partial charge in [0.1, 0.15) is 15.5 Å². The zero-order valence-corrected chi connectivity index (χ0v) is 22.4. The van der Waals surface area contributed by atoms with Crippen LogP contribution in [-0.2, 0) is 4.79 Å². The maximum atomic E-state index is 13.5. The summed E-state index contributed by atoms with van der Waals surface area (Å²) in [7, 11) is 0. The number of urea groups is 1. The Morgan fingerprint density at radius 3 is 2.88 bits per heavy atom. The fraction of sp³-hybridized carbons (Fsp3) is 0.214. The molecule has 0 aliphatic carbocycles. The summed E-state index contributed by atoms with van der Waals surface area (Å²) in [5, 5.41) is 14.4. The monoisotopic (exact) mass is 555 g/mol. The lowest BCUT2D eigenvalue weighted by Gasteiger charge is -2.32. The number of likely N-dealkylation sites (tertiary alicyclic amines) is 1. The minimum absolute atomic E-state index is 0.152. The van der Waals surface area contributed by atoms with Crippen LogP contribution in [0.4, 0.5) is 21.9 Å². The molecular weight excluding hydrogens is 530 g/mol. The van der Waals surface area contributed by atoms with Crippen LogP contribution in [-0.4, -0.2) is 57.1 Å². The average Bonchev–Trinajstić information content (AvgIpc) is 3.33. The molecule has 0 radical (unpaired) electrons. The molecule has 0 saturated carbocycles. The summed E-state index contributed by atoms with van der Waals surface area (Å²) in [4.78, 5) is 47.7. The van der Waals surface area contributed by atoms with Crippen LogP contribution >= 0.6 is 11.3 Å². The largest absolute Gasteiger partial charge is 0.438 e. The molecule has 40 heavy (non-hydrogen) atoms. The van der Waals surface area contributed by atoms with E-state index in [9.17, 15) is 14.4 Å². The van der Waals surface area contributed by atoms with Gasteiger partial charge in [0.15, 0.2) is 0 Å². The van der Waals surface area contributed by atoms with Gasteiger partial charge in [0.25, 0.3) is 5.91 Å². The number of ether oxygens (including phenoxy) is 1. The Labute approximate surface area is 233 Å². The third kappa shape index (κ3) is 4.62. The molecule has 2 N–H and O–H groups in total. The number of thiophene rings is 1. The van der Waals surface area contributed by atoms with Gasteiger partial charge in [-0.15, -0.1) is 16.4 Å². The first-order valence-corrected chi connectivity index (χ1v) is 13.6. The van der Waals surface area contributed by atoms with Gasteiger partial charge in [0.2, 0.25) is 11.8 Å². The fourth-order valence-corrected chi connectivity index (χ4v) is 6.09. The molecule has 1 unspecified atom stereocenters. The Bertz CT molecular complexity index is 1660. The highest BCUT2D eigenvalue weighted by Crippen LogP contribution is 2.46. The molecule has 1 fully saturated rings. The Kier molecular flexibility index (Phi) is 6.60. The maximum absolute atomic E-state index is 13.5. The van der Waals surface area contributed by atoms with E-state index in [1.807, 2.05) is 13.0 Å². The zero-order valence-electron chi connectivity index (χ0n) is 21.6. The van der Waals surface area contributed by atoms with Crippen LogP contribution in [0.2, 0.25) is 0 Å². The van der Waals surface area contributed by atoms with Gasteiger partial charge in [-0.2, -0.15) is 5.10 Å². The molecule has 1 aromatic carbocycles. The molecule has 5 heterocycles. The molecule has 1 saturated heterocycles. The van der Waals surface area contributed by atoms with E-state index in [1.54, 1.807) is 52.5 Å². The number of anilines is 3. The number of carbonyl (C=O) groups excluding carboxylic acids is 3. The first-order valence-electron chi connectivity index (χ1n) is 12.7. The lowest BCUT2D eigenvalue weighted by atomic mass is 10.1. The highest BCUT2D eigenvalue weighted by molar-refractivity contribution is 7.21. The molecule has 6 rings (SSSR count). The first kappa shape index (κ1) is 25.4. The molecule has 0 spiro atoms. The second-order valence-electron chi connectivity index (χ2n) is 9.50. The van der Waals surface area contributed by atoms with Crippen molar-refractivity contribution in [1.29, 1.82) is 0 Å². The molecular formula is C28H25N7O4S. The fourth-order valence-electron chi connectivity index (χ4n) is 5.06. The summed E-state index contributed by atoms with van der Waals surface area (Å²) in [6.45, 7) is 6.49. The van der Waals surface area contributed by atoms with E-state index < -0.39 is 6.03 Å². The number of piperidine rings is 1. The molecule has 2 aliphatic heterocycles. The molecule has 3 aromatic heterocycles. The number of pyridine rings is 1. The highest BCUT2D eigenvalue weighted by atomic mass is 32.1. The normalized spacial score (nSPS) is 16.4. The van der Waals surface area contributed by atoms with E-state index in [-0.39, 0.29) is 17.9 Å². The summed E-state index contributed by atoms with van der Waals surface area (Å²) < 4.78 is 5.79. The van der Waals surface area contributed by atoms with Crippen molar-refractivity contribution in [2.45, 2.75) is 25.8 Å². The summed E-state index contributed by atoms with van der Waals surface area (Å²) >= 11 is 1.22. The third-order valence-electron chi connectivity index (χ3n) is 6.87. The van der Waals surface area contributed by atoms with Crippen molar-refractivity contribution in [3.8, 4) is 11.6 Å².